The fraction of sp³-hybridized carbons (Fsp3) is 0.200. The van der Waals surface area contributed by atoms with Gasteiger partial charge in [0.2, 0.25) is 0 Å². The van der Waals surface area contributed by atoms with Crippen molar-refractivity contribution in [2.75, 3.05) is 25.1 Å². The molecule has 0 aromatic heterocycles. The van der Waals surface area contributed by atoms with Crippen LogP contribution in [0.2, 0.25) is 0 Å². The minimum atomic E-state index is -1.09. The van der Waals surface area contributed by atoms with Crippen LogP contribution in [0, 0.1) is 11.6 Å². The maximum atomic E-state index is 13.1. The number of anilines is 1. The van der Waals surface area contributed by atoms with E-state index in [1.807, 2.05) is 0 Å². The van der Waals surface area contributed by atoms with Crippen LogP contribution in [0.15, 0.2) is 42.5 Å². The monoisotopic (exact) mass is 389 g/mol. The molecule has 6 nitrogen and oxygen atoms in total. The van der Waals surface area contributed by atoms with Crippen molar-refractivity contribution >= 4 is 23.6 Å². The maximum absolute atomic E-state index is 13.1. The maximum Gasteiger partial charge on any atom is 0.331 e. The molecule has 0 aliphatic carbocycles. The van der Waals surface area contributed by atoms with E-state index in [2.05, 4.69) is 5.32 Å². The highest BCUT2D eigenvalue weighted by Crippen LogP contribution is 2.30. The van der Waals surface area contributed by atoms with E-state index in [-0.39, 0.29) is 5.69 Å². The van der Waals surface area contributed by atoms with Crippen molar-refractivity contribution in [2.24, 2.45) is 0 Å². The van der Waals surface area contributed by atoms with Crippen LogP contribution in [0.3, 0.4) is 0 Å². The first-order valence-corrected chi connectivity index (χ1v) is 8.50. The second kappa shape index (κ2) is 8.98. The van der Waals surface area contributed by atoms with Crippen molar-refractivity contribution in [2.45, 2.75) is 6.42 Å². The number of fused-ring (bicyclic) bond motifs is 1. The molecule has 3 rings (SSSR count). The zero-order valence-corrected chi connectivity index (χ0v) is 14.7. The molecule has 1 aliphatic rings. The van der Waals surface area contributed by atoms with Crippen molar-refractivity contribution in [3.63, 3.8) is 0 Å². The largest absolute Gasteiger partial charge is 0.490 e. The fourth-order valence-corrected chi connectivity index (χ4v) is 2.40. The minimum Gasteiger partial charge on any atom is -0.490 e. The molecule has 28 heavy (non-hydrogen) atoms. The summed E-state index contributed by atoms with van der Waals surface area (Å²) in [5, 5.41) is 2.30. The predicted molar refractivity (Wildman–Crippen MR) is 97.0 cm³/mol. The normalized spacial score (nSPS) is 13.1. The lowest BCUT2D eigenvalue weighted by Gasteiger charge is -2.07. The van der Waals surface area contributed by atoms with Gasteiger partial charge in [-0.05, 0) is 35.9 Å². The number of hydrogen-bond acceptors (Lipinski definition) is 5. The first-order valence-electron chi connectivity index (χ1n) is 8.50. The Labute approximate surface area is 159 Å². The third kappa shape index (κ3) is 5.29. The number of hydrogen-bond donors (Lipinski definition) is 1. The summed E-state index contributed by atoms with van der Waals surface area (Å²) < 4.78 is 41.9. The summed E-state index contributed by atoms with van der Waals surface area (Å²) >= 11 is 0. The van der Waals surface area contributed by atoms with Crippen LogP contribution in [0.25, 0.3) is 6.08 Å². The number of esters is 1. The molecule has 0 unspecified atom stereocenters. The first-order chi connectivity index (χ1) is 13.5. The molecule has 1 amide bonds. The molecular formula is C20H17F2NO5. The molecular weight excluding hydrogens is 372 g/mol. The SMILES string of the molecule is O=C(COC(=O)/C=C/c1ccc2c(c1)OCCCO2)Nc1ccc(F)c(F)c1. The van der Waals surface area contributed by atoms with Crippen LogP contribution in [0.5, 0.6) is 11.5 Å². The number of nitrogens with one attached hydrogen (secondary N) is 1. The van der Waals surface area contributed by atoms with Crippen LogP contribution in [-0.2, 0) is 14.3 Å². The Morgan fingerprint density at radius 1 is 1.04 bits per heavy atom. The van der Waals surface area contributed by atoms with Gasteiger partial charge in [0.1, 0.15) is 0 Å². The van der Waals surface area contributed by atoms with Gasteiger partial charge in [-0.25, -0.2) is 13.6 Å². The lowest BCUT2D eigenvalue weighted by molar-refractivity contribution is -0.142. The van der Waals surface area contributed by atoms with Crippen LogP contribution >= 0.6 is 0 Å². The highest BCUT2D eigenvalue weighted by molar-refractivity contribution is 5.94. The Balaban J connectivity index is 1.50. The van der Waals surface area contributed by atoms with Crippen molar-refractivity contribution < 1.29 is 32.6 Å². The van der Waals surface area contributed by atoms with Gasteiger partial charge in [-0.15, -0.1) is 0 Å². The van der Waals surface area contributed by atoms with Gasteiger partial charge in [0.05, 0.1) is 13.2 Å². The van der Waals surface area contributed by atoms with E-state index in [9.17, 15) is 18.4 Å². The standard InChI is InChI=1S/C20H17F2NO5/c21-15-5-4-14(11-16(15)22)23-19(24)12-28-20(25)7-3-13-2-6-17-18(10-13)27-9-1-8-26-17/h2-7,10-11H,1,8-9,12H2,(H,23,24)/b7-3+. The summed E-state index contributed by atoms with van der Waals surface area (Å²) in [4.78, 5) is 23.5. The van der Waals surface area contributed by atoms with E-state index >= 15 is 0 Å². The molecule has 146 valence electrons. The van der Waals surface area contributed by atoms with Crippen LogP contribution in [0.1, 0.15) is 12.0 Å². The zero-order chi connectivity index (χ0) is 19.9. The quantitative estimate of drug-likeness (QED) is 0.627. The Hall–Kier alpha value is -3.42. The molecule has 0 saturated heterocycles. The number of carbonyl (C=O) groups excluding carboxylic acids is 2. The third-order valence-corrected chi connectivity index (χ3v) is 3.73. The van der Waals surface area contributed by atoms with Crippen molar-refractivity contribution in [1.29, 1.82) is 0 Å². The van der Waals surface area contributed by atoms with Crippen molar-refractivity contribution in [3.8, 4) is 11.5 Å². The van der Waals surface area contributed by atoms with E-state index in [4.69, 9.17) is 14.2 Å². The first kappa shape index (κ1) is 19.3. The summed E-state index contributed by atoms with van der Waals surface area (Å²) in [5.74, 6) is -2.28. The van der Waals surface area contributed by atoms with Crippen LogP contribution in [-0.4, -0.2) is 31.7 Å². The van der Waals surface area contributed by atoms with Gasteiger partial charge in [-0.3, -0.25) is 4.79 Å². The van der Waals surface area contributed by atoms with E-state index in [0.29, 0.717) is 30.3 Å². The topological polar surface area (TPSA) is 73.9 Å². The summed E-state index contributed by atoms with van der Waals surface area (Å²) in [5.41, 5.74) is 0.759. The lowest BCUT2D eigenvalue weighted by Crippen LogP contribution is -2.20. The number of halogens is 2. The molecule has 2 aromatic carbocycles. The predicted octanol–water partition coefficient (Wildman–Crippen LogP) is 3.32. The average molecular weight is 389 g/mol. The molecule has 1 heterocycles. The van der Waals surface area contributed by atoms with Gasteiger partial charge in [0.15, 0.2) is 29.7 Å². The Morgan fingerprint density at radius 3 is 2.61 bits per heavy atom. The van der Waals surface area contributed by atoms with Gasteiger partial charge < -0.3 is 19.5 Å². The highest BCUT2D eigenvalue weighted by Gasteiger charge is 2.11. The van der Waals surface area contributed by atoms with Gasteiger partial charge in [0, 0.05) is 24.3 Å². The number of carbonyl (C=O) groups is 2. The summed E-state index contributed by atoms with van der Waals surface area (Å²) in [7, 11) is 0. The summed E-state index contributed by atoms with van der Waals surface area (Å²) in [6, 6.07) is 8.16. The molecule has 2 aromatic rings. The second-order valence-corrected chi connectivity index (χ2v) is 5.87. The average Bonchev–Trinajstić information content (AvgIpc) is 2.92. The number of benzene rings is 2. The van der Waals surface area contributed by atoms with Gasteiger partial charge in [0.25, 0.3) is 5.91 Å². The number of rotatable bonds is 5. The van der Waals surface area contributed by atoms with Crippen LogP contribution in [0.4, 0.5) is 14.5 Å². The summed E-state index contributed by atoms with van der Waals surface area (Å²) in [6.07, 6.45) is 3.48. The minimum absolute atomic E-state index is 0.0580. The van der Waals surface area contributed by atoms with Gasteiger partial charge in [-0.2, -0.15) is 0 Å². The van der Waals surface area contributed by atoms with Crippen LogP contribution < -0.4 is 14.8 Å². The Bertz CT molecular complexity index is 913. The smallest absolute Gasteiger partial charge is 0.331 e. The van der Waals surface area contributed by atoms with E-state index in [1.54, 1.807) is 18.2 Å². The van der Waals surface area contributed by atoms with E-state index in [0.717, 1.165) is 18.6 Å². The molecule has 1 N–H and O–H groups in total. The van der Waals surface area contributed by atoms with Crippen molar-refractivity contribution in [1.82, 2.24) is 0 Å². The molecule has 0 radical (unpaired) electrons. The molecule has 0 spiro atoms. The van der Waals surface area contributed by atoms with E-state index in [1.165, 1.54) is 18.2 Å². The molecule has 1 aliphatic heterocycles. The molecule has 0 atom stereocenters. The molecule has 0 saturated carbocycles. The summed E-state index contributed by atoms with van der Waals surface area (Å²) in [6.45, 7) is 0.569. The Morgan fingerprint density at radius 2 is 1.82 bits per heavy atom. The van der Waals surface area contributed by atoms with E-state index < -0.39 is 30.1 Å². The zero-order valence-electron chi connectivity index (χ0n) is 14.7. The number of amides is 1. The van der Waals surface area contributed by atoms with Gasteiger partial charge in [-0.1, -0.05) is 6.07 Å². The Kier molecular flexibility index (Phi) is 6.21. The lowest BCUT2D eigenvalue weighted by atomic mass is 10.2. The third-order valence-electron chi connectivity index (χ3n) is 3.73. The molecule has 0 fully saturated rings. The second-order valence-electron chi connectivity index (χ2n) is 5.87. The molecule has 8 heteroatoms. The molecule has 0 bridgehead atoms. The van der Waals surface area contributed by atoms with Gasteiger partial charge >= 0.3 is 5.97 Å². The fourth-order valence-electron chi connectivity index (χ4n) is 2.40. The highest BCUT2D eigenvalue weighted by atomic mass is 19.2. The number of ether oxygens (including phenoxy) is 3. The van der Waals surface area contributed by atoms with Crippen molar-refractivity contribution in [3.05, 3.63) is 59.7 Å².